The maximum atomic E-state index is 11.3. The number of esters is 1. The predicted octanol–water partition coefficient (Wildman–Crippen LogP) is 2.18. The minimum Gasteiger partial charge on any atom is -0.466 e. The van der Waals surface area contributed by atoms with E-state index >= 15 is 0 Å². The lowest BCUT2D eigenvalue weighted by atomic mass is 10.1. The minimum atomic E-state index is -0.201. The van der Waals surface area contributed by atoms with Gasteiger partial charge < -0.3 is 15.8 Å². The molecule has 0 aliphatic heterocycles. The summed E-state index contributed by atoms with van der Waals surface area (Å²) in [6.07, 6.45) is 2.04. The summed E-state index contributed by atoms with van der Waals surface area (Å²) in [5, 5.41) is 4.16. The third kappa shape index (κ3) is 3.13. The number of nitrogen functional groups attached to an aromatic ring is 1. The second kappa shape index (κ2) is 6.04. The highest BCUT2D eigenvalue weighted by molar-refractivity contribution is 5.98. The molecule has 5 heteroatoms. The number of hydrogen-bond acceptors (Lipinski definition) is 5. The Kier molecular flexibility index (Phi) is 4.18. The van der Waals surface area contributed by atoms with Crippen LogP contribution in [0.1, 0.15) is 13.3 Å². The van der Waals surface area contributed by atoms with Crippen molar-refractivity contribution in [2.24, 2.45) is 0 Å². The van der Waals surface area contributed by atoms with Crippen molar-refractivity contribution >= 4 is 28.2 Å². The number of ether oxygens (including phenoxy) is 1. The molecule has 1 aromatic carbocycles. The topological polar surface area (TPSA) is 77.2 Å². The highest BCUT2D eigenvalue weighted by Crippen LogP contribution is 2.26. The summed E-state index contributed by atoms with van der Waals surface area (Å²) in [5.74, 6) is -0.201. The lowest BCUT2D eigenvalue weighted by molar-refractivity contribution is -0.142. The van der Waals surface area contributed by atoms with Gasteiger partial charge in [-0.2, -0.15) is 0 Å². The van der Waals surface area contributed by atoms with E-state index in [1.54, 1.807) is 13.1 Å². The number of fused-ring (bicyclic) bond motifs is 1. The molecule has 0 saturated carbocycles. The molecule has 0 atom stereocenters. The Morgan fingerprint density at radius 2 is 2.26 bits per heavy atom. The van der Waals surface area contributed by atoms with E-state index in [1.165, 1.54) is 0 Å². The van der Waals surface area contributed by atoms with Crippen LogP contribution >= 0.6 is 0 Å². The van der Waals surface area contributed by atoms with Crippen molar-refractivity contribution in [1.29, 1.82) is 0 Å². The summed E-state index contributed by atoms with van der Waals surface area (Å²) in [4.78, 5) is 15.5. The molecule has 100 valence electrons. The fraction of sp³-hybridized carbons (Fsp3) is 0.286. The molecule has 19 heavy (non-hydrogen) atoms. The predicted molar refractivity (Wildman–Crippen MR) is 75.9 cm³/mol. The molecule has 0 aliphatic carbocycles. The summed E-state index contributed by atoms with van der Waals surface area (Å²) < 4.78 is 4.88. The Balaban J connectivity index is 2.09. The van der Waals surface area contributed by atoms with Gasteiger partial charge in [-0.1, -0.05) is 0 Å². The molecule has 0 unspecified atom stereocenters. The smallest absolute Gasteiger partial charge is 0.307 e. The van der Waals surface area contributed by atoms with Crippen LogP contribution in [0.3, 0.4) is 0 Å². The van der Waals surface area contributed by atoms with Crippen molar-refractivity contribution in [2.45, 2.75) is 13.3 Å². The van der Waals surface area contributed by atoms with Crippen molar-refractivity contribution in [3.63, 3.8) is 0 Å². The average molecular weight is 259 g/mol. The highest BCUT2D eigenvalue weighted by Gasteiger charge is 2.05. The molecule has 1 aromatic heterocycles. The van der Waals surface area contributed by atoms with Gasteiger partial charge in [-0.3, -0.25) is 9.78 Å². The molecule has 0 fully saturated rings. The Hall–Kier alpha value is -2.30. The molecule has 1 heterocycles. The van der Waals surface area contributed by atoms with Gasteiger partial charge in [0.05, 0.1) is 24.2 Å². The summed E-state index contributed by atoms with van der Waals surface area (Å²) >= 11 is 0. The van der Waals surface area contributed by atoms with Crippen LogP contribution in [-0.2, 0) is 9.53 Å². The lowest BCUT2D eigenvalue weighted by Crippen LogP contribution is -2.11. The molecule has 0 saturated heterocycles. The van der Waals surface area contributed by atoms with Gasteiger partial charge in [0.1, 0.15) is 0 Å². The van der Waals surface area contributed by atoms with Crippen LogP contribution in [0.4, 0.5) is 11.4 Å². The Bertz CT molecular complexity index is 584. The van der Waals surface area contributed by atoms with E-state index in [0.717, 1.165) is 16.6 Å². The summed E-state index contributed by atoms with van der Waals surface area (Å²) in [6.45, 7) is 2.73. The maximum Gasteiger partial charge on any atom is 0.307 e. The van der Waals surface area contributed by atoms with Crippen molar-refractivity contribution in [3.8, 4) is 0 Å². The number of nitrogens with zero attached hydrogens (tertiary/aromatic N) is 1. The summed E-state index contributed by atoms with van der Waals surface area (Å²) in [7, 11) is 0. The SMILES string of the molecule is CCOC(=O)CCNc1ccc(N)c2ncccc12. The normalized spacial score (nSPS) is 10.4. The van der Waals surface area contributed by atoms with E-state index in [4.69, 9.17) is 10.5 Å². The monoisotopic (exact) mass is 259 g/mol. The fourth-order valence-corrected chi connectivity index (χ4v) is 1.88. The average Bonchev–Trinajstić information content (AvgIpc) is 2.42. The van der Waals surface area contributed by atoms with Gasteiger partial charge >= 0.3 is 5.97 Å². The number of carbonyl (C=O) groups excluding carboxylic acids is 1. The summed E-state index contributed by atoms with van der Waals surface area (Å²) in [6, 6.07) is 7.51. The minimum absolute atomic E-state index is 0.201. The number of benzene rings is 1. The molecule has 0 bridgehead atoms. The quantitative estimate of drug-likeness (QED) is 0.635. The first-order valence-electron chi connectivity index (χ1n) is 6.25. The first kappa shape index (κ1) is 13.1. The van der Waals surface area contributed by atoms with Crippen LogP contribution in [0.2, 0.25) is 0 Å². The van der Waals surface area contributed by atoms with Crippen LogP contribution < -0.4 is 11.1 Å². The number of aromatic nitrogens is 1. The zero-order chi connectivity index (χ0) is 13.7. The molecule has 2 rings (SSSR count). The first-order chi connectivity index (χ1) is 9.22. The van der Waals surface area contributed by atoms with Gasteiger partial charge in [0, 0.05) is 23.8 Å². The van der Waals surface area contributed by atoms with Crippen LogP contribution in [0.15, 0.2) is 30.5 Å². The number of pyridine rings is 1. The number of nitrogens with one attached hydrogen (secondary N) is 1. The van der Waals surface area contributed by atoms with Gasteiger partial charge in [-0.15, -0.1) is 0 Å². The fourth-order valence-electron chi connectivity index (χ4n) is 1.88. The van der Waals surface area contributed by atoms with E-state index in [2.05, 4.69) is 10.3 Å². The van der Waals surface area contributed by atoms with Gasteiger partial charge in [-0.05, 0) is 31.2 Å². The van der Waals surface area contributed by atoms with Gasteiger partial charge in [-0.25, -0.2) is 0 Å². The molecule has 2 aromatic rings. The van der Waals surface area contributed by atoms with Crippen LogP contribution in [0, 0.1) is 0 Å². The van der Waals surface area contributed by atoms with Crippen molar-refractivity contribution < 1.29 is 9.53 Å². The Morgan fingerprint density at radius 1 is 1.42 bits per heavy atom. The van der Waals surface area contributed by atoms with Crippen molar-refractivity contribution in [2.75, 3.05) is 24.2 Å². The molecule has 0 radical (unpaired) electrons. The van der Waals surface area contributed by atoms with Gasteiger partial charge in [0.25, 0.3) is 0 Å². The Labute approximate surface area is 111 Å². The highest BCUT2D eigenvalue weighted by atomic mass is 16.5. The van der Waals surface area contributed by atoms with E-state index in [-0.39, 0.29) is 5.97 Å². The van der Waals surface area contributed by atoms with Crippen LogP contribution in [0.5, 0.6) is 0 Å². The third-order valence-electron chi connectivity index (χ3n) is 2.75. The van der Waals surface area contributed by atoms with E-state index in [1.807, 2.05) is 24.3 Å². The molecular formula is C14H17N3O2. The third-order valence-corrected chi connectivity index (χ3v) is 2.75. The first-order valence-corrected chi connectivity index (χ1v) is 6.25. The number of rotatable bonds is 5. The molecular weight excluding hydrogens is 242 g/mol. The number of carbonyl (C=O) groups is 1. The molecule has 0 amide bonds. The second-order valence-electron chi connectivity index (χ2n) is 4.08. The van der Waals surface area contributed by atoms with Crippen LogP contribution in [0.25, 0.3) is 10.9 Å². The molecule has 0 spiro atoms. The Morgan fingerprint density at radius 3 is 3.05 bits per heavy atom. The van der Waals surface area contributed by atoms with E-state index < -0.39 is 0 Å². The molecule has 5 nitrogen and oxygen atoms in total. The largest absolute Gasteiger partial charge is 0.466 e. The summed E-state index contributed by atoms with van der Waals surface area (Å²) in [5.41, 5.74) is 8.21. The van der Waals surface area contributed by atoms with E-state index in [9.17, 15) is 4.79 Å². The second-order valence-corrected chi connectivity index (χ2v) is 4.08. The zero-order valence-corrected chi connectivity index (χ0v) is 10.8. The van der Waals surface area contributed by atoms with Gasteiger partial charge in [0.2, 0.25) is 0 Å². The van der Waals surface area contributed by atoms with Crippen molar-refractivity contribution in [3.05, 3.63) is 30.5 Å². The molecule has 0 aliphatic rings. The van der Waals surface area contributed by atoms with Crippen molar-refractivity contribution in [1.82, 2.24) is 4.98 Å². The maximum absolute atomic E-state index is 11.3. The standard InChI is InChI=1S/C14H17N3O2/c1-2-19-13(18)7-9-16-12-6-5-11(15)14-10(12)4-3-8-17-14/h3-6,8,16H,2,7,9,15H2,1H3. The number of anilines is 2. The van der Waals surface area contributed by atoms with Crippen LogP contribution in [-0.4, -0.2) is 24.1 Å². The van der Waals surface area contributed by atoms with Gasteiger partial charge in [0.15, 0.2) is 0 Å². The number of nitrogens with two attached hydrogens (primary N) is 1. The lowest BCUT2D eigenvalue weighted by Gasteiger charge is -2.10. The zero-order valence-electron chi connectivity index (χ0n) is 10.8. The number of hydrogen-bond donors (Lipinski definition) is 2. The molecule has 3 N–H and O–H groups in total. The van der Waals surface area contributed by atoms with E-state index in [0.29, 0.717) is 25.3 Å².